The highest BCUT2D eigenvalue weighted by Gasteiger charge is 2.27. The minimum absolute atomic E-state index is 0.0173. The van der Waals surface area contributed by atoms with Crippen molar-refractivity contribution in [3.8, 4) is 11.6 Å². The molecule has 5 heteroatoms. The Hall–Kier alpha value is -2.71. The fraction of sp³-hybridized carbons (Fsp3) is 0.350. The van der Waals surface area contributed by atoms with E-state index in [-0.39, 0.29) is 12.2 Å². The molecular formula is C20H21N3O2. The molecule has 1 heterocycles. The number of carbonyl (C=O) groups is 1. The van der Waals surface area contributed by atoms with Crippen LogP contribution in [0.2, 0.25) is 0 Å². The quantitative estimate of drug-likeness (QED) is 0.772. The number of rotatable bonds is 7. The highest BCUT2D eigenvalue weighted by molar-refractivity contribution is 5.85. The van der Waals surface area contributed by atoms with Crippen LogP contribution in [-0.4, -0.2) is 16.8 Å². The summed E-state index contributed by atoms with van der Waals surface area (Å²) < 4.78 is 5.92. The van der Waals surface area contributed by atoms with Crippen LogP contribution in [0.5, 0.6) is 11.6 Å². The first-order valence-corrected chi connectivity index (χ1v) is 8.53. The van der Waals surface area contributed by atoms with Crippen LogP contribution in [0.15, 0.2) is 36.5 Å². The van der Waals surface area contributed by atoms with Crippen LogP contribution in [0.3, 0.4) is 0 Å². The van der Waals surface area contributed by atoms with Gasteiger partial charge in [0.15, 0.2) is 11.5 Å². The SMILES string of the molecule is [C-]#[N+]c1ccc(Oc2ccc(CC(=O)[C@H](N)CC)cn2)c(C2CC2)c1. The van der Waals surface area contributed by atoms with Crippen LogP contribution in [0.25, 0.3) is 4.85 Å². The van der Waals surface area contributed by atoms with E-state index in [0.29, 0.717) is 23.9 Å². The van der Waals surface area contributed by atoms with E-state index in [9.17, 15) is 4.79 Å². The van der Waals surface area contributed by atoms with E-state index in [1.165, 1.54) is 0 Å². The van der Waals surface area contributed by atoms with Crippen LogP contribution in [0.1, 0.15) is 43.2 Å². The van der Waals surface area contributed by atoms with Crippen molar-refractivity contribution in [2.24, 2.45) is 5.73 Å². The summed E-state index contributed by atoms with van der Waals surface area (Å²) >= 11 is 0. The summed E-state index contributed by atoms with van der Waals surface area (Å²) in [6.07, 6.45) is 4.83. The molecule has 1 aliphatic rings. The molecule has 0 unspecified atom stereocenters. The third-order valence-electron chi connectivity index (χ3n) is 4.38. The number of nitrogens with zero attached hydrogens (tertiary/aromatic N) is 2. The van der Waals surface area contributed by atoms with Crippen molar-refractivity contribution >= 4 is 11.5 Å². The zero-order valence-corrected chi connectivity index (χ0v) is 14.2. The third kappa shape index (κ3) is 4.23. The average molecular weight is 335 g/mol. The third-order valence-corrected chi connectivity index (χ3v) is 4.38. The number of aromatic nitrogens is 1. The van der Waals surface area contributed by atoms with Crippen molar-refractivity contribution in [2.75, 3.05) is 0 Å². The summed E-state index contributed by atoms with van der Waals surface area (Å²) in [7, 11) is 0. The van der Waals surface area contributed by atoms with Crippen molar-refractivity contribution < 1.29 is 9.53 Å². The number of ether oxygens (including phenoxy) is 1. The van der Waals surface area contributed by atoms with Gasteiger partial charge in [-0.15, -0.1) is 0 Å². The van der Waals surface area contributed by atoms with Gasteiger partial charge in [0.2, 0.25) is 5.88 Å². The van der Waals surface area contributed by atoms with Gasteiger partial charge in [-0.2, -0.15) is 0 Å². The lowest BCUT2D eigenvalue weighted by Gasteiger charge is -2.11. The molecule has 0 amide bonds. The first kappa shape index (κ1) is 17.1. The number of Topliss-reactive ketones (excluding diaryl/α,β-unsaturated/α-hetero) is 1. The van der Waals surface area contributed by atoms with Gasteiger partial charge < -0.3 is 10.5 Å². The summed E-state index contributed by atoms with van der Waals surface area (Å²) in [6, 6.07) is 8.68. The number of hydrogen-bond donors (Lipinski definition) is 1. The standard InChI is InChI=1S/C20H21N3O2/c1-3-17(21)18(24)10-13-4-9-20(23-12-13)25-19-8-7-15(22-2)11-16(19)14-5-6-14/h4,7-9,11-12,14,17H,3,5-6,10,21H2,1H3/t17-/m1/s1. The molecule has 0 radical (unpaired) electrons. The van der Waals surface area contributed by atoms with Crippen molar-refractivity contribution in [1.82, 2.24) is 4.98 Å². The minimum atomic E-state index is -0.419. The number of hydrogen-bond acceptors (Lipinski definition) is 4. The largest absolute Gasteiger partial charge is 0.439 e. The van der Waals surface area contributed by atoms with Gasteiger partial charge in [-0.05, 0) is 48.4 Å². The van der Waals surface area contributed by atoms with Gasteiger partial charge >= 0.3 is 0 Å². The van der Waals surface area contributed by atoms with E-state index in [1.54, 1.807) is 18.3 Å². The maximum Gasteiger partial charge on any atom is 0.219 e. The van der Waals surface area contributed by atoms with Crippen LogP contribution >= 0.6 is 0 Å². The van der Waals surface area contributed by atoms with Crippen LogP contribution in [0, 0.1) is 6.57 Å². The predicted molar refractivity (Wildman–Crippen MR) is 96.0 cm³/mol. The van der Waals surface area contributed by atoms with E-state index in [2.05, 4.69) is 9.83 Å². The molecule has 1 fully saturated rings. The Morgan fingerprint density at radius 3 is 2.80 bits per heavy atom. The van der Waals surface area contributed by atoms with Gasteiger partial charge in [0.1, 0.15) is 5.75 Å². The van der Waals surface area contributed by atoms with E-state index < -0.39 is 6.04 Å². The highest BCUT2D eigenvalue weighted by atomic mass is 16.5. The summed E-state index contributed by atoms with van der Waals surface area (Å²) in [5.41, 5.74) is 8.28. The number of nitrogens with two attached hydrogens (primary N) is 1. The van der Waals surface area contributed by atoms with Crippen molar-refractivity contribution in [1.29, 1.82) is 0 Å². The maximum atomic E-state index is 11.9. The van der Waals surface area contributed by atoms with Gasteiger partial charge in [0.25, 0.3) is 0 Å². The lowest BCUT2D eigenvalue weighted by atomic mass is 10.0. The summed E-state index contributed by atoms with van der Waals surface area (Å²) in [6.45, 7) is 9.05. The van der Waals surface area contributed by atoms with Crippen molar-refractivity contribution in [3.05, 3.63) is 59.1 Å². The number of benzene rings is 1. The molecule has 2 aromatic rings. The molecule has 5 nitrogen and oxygen atoms in total. The highest BCUT2D eigenvalue weighted by Crippen LogP contribution is 2.46. The van der Waals surface area contributed by atoms with E-state index in [1.807, 2.05) is 25.1 Å². The average Bonchev–Trinajstić information content (AvgIpc) is 3.48. The Morgan fingerprint density at radius 2 is 2.20 bits per heavy atom. The zero-order valence-electron chi connectivity index (χ0n) is 14.2. The number of carbonyl (C=O) groups excluding carboxylic acids is 1. The fourth-order valence-corrected chi connectivity index (χ4v) is 2.66. The molecule has 1 aromatic heterocycles. The normalized spacial score (nSPS) is 14.6. The molecule has 128 valence electrons. The van der Waals surface area contributed by atoms with Gasteiger partial charge in [-0.1, -0.05) is 19.1 Å². The molecule has 0 aliphatic heterocycles. The maximum absolute atomic E-state index is 11.9. The second kappa shape index (κ2) is 7.45. The number of pyridine rings is 1. The molecular weight excluding hydrogens is 314 g/mol. The molecule has 0 bridgehead atoms. The molecule has 0 spiro atoms. The first-order valence-electron chi connectivity index (χ1n) is 8.53. The molecule has 1 aromatic carbocycles. The lowest BCUT2D eigenvalue weighted by molar-refractivity contribution is -0.119. The monoisotopic (exact) mass is 335 g/mol. The van der Waals surface area contributed by atoms with Crippen LogP contribution in [0.4, 0.5) is 5.69 Å². The fourth-order valence-electron chi connectivity index (χ4n) is 2.66. The van der Waals surface area contributed by atoms with E-state index in [0.717, 1.165) is 29.7 Å². The van der Waals surface area contributed by atoms with Crippen LogP contribution in [-0.2, 0) is 11.2 Å². The van der Waals surface area contributed by atoms with Crippen LogP contribution < -0.4 is 10.5 Å². The second-order valence-electron chi connectivity index (χ2n) is 6.37. The molecule has 1 atom stereocenters. The Morgan fingerprint density at radius 1 is 1.40 bits per heavy atom. The Kier molecular flexibility index (Phi) is 5.11. The molecule has 1 aliphatic carbocycles. The summed E-state index contributed by atoms with van der Waals surface area (Å²) in [5.74, 6) is 1.72. The van der Waals surface area contributed by atoms with E-state index >= 15 is 0 Å². The Labute approximate surface area is 147 Å². The van der Waals surface area contributed by atoms with Gasteiger partial charge in [0, 0.05) is 18.7 Å². The van der Waals surface area contributed by atoms with E-state index in [4.69, 9.17) is 17.0 Å². The van der Waals surface area contributed by atoms with Crippen molar-refractivity contribution in [3.63, 3.8) is 0 Å². The topological polar surface area (TPSA) is 69.6 Å². The summed E-state index contributed by atoms with van der Waals surface area (Å²) in [4.78, 5) is 19.7. The van der Waals surface area contributed by atoms with Gasteiger partial charge in [-0.25, -0.2) is 9.83 Å². The molecule has 25 heavy (non-hydrogen) atoms. The van der Waals surface area contributed by atoms with Crippen molar-refractivity contribution in [2.45, 2.75) is 44.6 Å². The second-order valence-corrected chi connectivity index (χ2v) is 6.37. The molecule has 3 rings (SSSR count). The molecule has 0 saturated heterocycles. The lowest BCUT2D eigenvalue weighted by Crippen LogP contribution is -2.30. The summed E-state index contributed by atoms with van der Waals surface area (Å²) in [5, 5.41) is 0. The molecule has 1 saturated carbocycles. The Balaban J connectivity index is 1.72. The predicted octanol–water partition coefficient (Wildman–Crippen LogP) is 4.15. The minimum Gasteiger partial charge on any atom is -0.439 e. The van der Waals surface area contributed by atoms with Gasteiger partial charge in [-0.3, -0.25) is 4.79 Å². The Bertz CT molecular complexity index is 805. The number of ketones is 1. The smallest absolute Gasteiger partial charge is 0.219 e. The molecule has 2 N–H and O–H groups in total. The zero-order chi connectivity index (χ0) is 17.8. The van der Waals surface area contributed by atoms with Gasteiger partial charge in [0.05, 0.1) is 12.6 Å². The first-order chi connectivity index (χ1) is 12.1.